The van der Waals surface area contributed by atoms with Crippen LogP contribution in [0.3, 0.4) is 0 Å². The first kappa shape index (κ1) is 23.5. The fraction of sp³-hybridized carbons (Fsp3) is 0.233. The molecule has 184 valence electrons. The topological polar surface area (TPSA) is 69.9 Å². The lowest BCUT2D eigenvalue weighted by molar-refractivity contribution is -0.116. The molecular formula is C30H29NO5. The standard InChI is InChI=1S/C30H29NO5/c1-5-33-27-14-28-24(25(16-34-28)22-8-6-18(2)10-19(22)3)13-23(27)20(4)11-30(32)31-15-21-7-9-26-29(12-21)36-17-35-26/h6-14,16H,5,15,17H2,1-4H3,(H,31,32)/b20-11+. The third kappa shape index (κ3) is 4.67. The number of aryl methyl sites for hydroxylation is 2. The number of ether oxygens (including phenoxy) is 3. The SMILES string of the molecule is CCOc1cc2occ(-c3ccc(C)cc3C)c2cc1/C(C)=C/C(=O)NCc1ccc2c(c1)OCO2. The molecule has 0 saturated carbocycles. The lowest BCUT2D eigenvalue weighted by Gasteiger charge is -2.12. The average molecular weight is 484 g/mol. The van der Waals surface area contributed by atoms with E-state index >= 15 is 0 Å². The van der Waals surface area contributed by atoms with Gasteiger partial charge in [0.05, 0.1) is 12.9 Å². The van der Waals surface area contributed by atoms with Crippen LogP contribution in [0.5, 0.6) is 17.2 Å². The minimum absolute atomic E-state index is 0.186. The highest BCUT2D eigenvalue weighted by Crippen LogP contribution is 2.38. The molecule has 2 heterocycles. The first-order valence-electron chi connectivity index (χ1n) is 12.0. The molecule has 6 nitrogen and oxygen atoms in total. The zero-order valence-corrected chi connectivity index (χ0v) is 20.9. The summed E-state index contributed by atoms with van der Waals surface area (Å²) in [5.41, 5.74) is 7.89. The number of hydrogen-bond acceptors (Lipinski definition) is 5. The number of allylic oxidation sites excluding steroid dienone is 1. The molecule has 0 unspecified atom stereocenters. The first-order valence-corrected chi connectivity index (χ1v) is 12.0. The van der Waals surface area contributed by atoms with Crippen molar-refractivity contribution in [3.8, 4) is 28.4 Å². The van der Waals surface area contributed by atoms with E-state index in [1.54, 1.807) is 12.3 Å². The van der Waals surface area contributed by atoms with Crippen molar-refractivity contribution >= 4 is 22.4 Å². The molecule has 0 radical (unpaired) electrons. The minimum Gasteiger partial charge on any atom is -0.493 e. The number of fused-ring (bicyclic) bond motifs is 2. The van der Waals surface area contributed by atoms with Gasteiger partial charge in [0.2, 0.25) is 12.7 Å². The Bertz CT molecular complexity index is 1480. The smallest absolute Gasteiger partial charge is 0.244 e. The Labute approximate surface area is 210 Å². The third-order valence-electron chi connectivity index (χ3n) is 6.32. The average Bonchev–Trinajstić information content (AvgIpc) is 3.49. The van der Waals surface area contributed by atoms with Crippen LogP contribution in [0, 0.1) is 13.8 Å². The van der Waals surface area contributed by atoms with E-state index in [2.05, 4.69) is 43.4 Å². The highest BCUT2D eigenvalue weighted by atomic mass is 16.7. The van der Waals surface area contributed by atoms with Gasteiger partial charge < -0.3 is 23.9 Å². The van der Waals surface area contributed by atoms with Gasteiger partial charge in [-0.3, -0.25) is 4.79 Å². The van der Waals surface area contributed by atoms with Gasteiger partial charge in [-0.25, -0.2) is 0 Å². The molecule has 1 amide bonds. The highest BCUT2D eigenvalue weighted by molar-refractivity contribution is 6.00. The van der Waals surface area contributed by atoms with E-state index in [0.29, 0.717) is 24.7 Å². The van der Waals surface area contributed by atoms with Crippen LogP contribution in [-0.4, -0.2) is 19.3 Å². The molecule has 0 aliphatic carbocycles. The van der Waals surface area contributed by atoms with Crippen molar-refractivity contribution in [1.29, 1.82) is 0 Å². The molecule has 1 aromatic heterocycles. The quantitative estimate of drug-likeness (QED) is 0.301. The van der Waals surface area contributed by atoms with Crippen LogP contribution in [-0.2, 0) is 11.3 Å². The molecule has 0 bridgehead atoms. The first-order chi connectivity index (χ1) is 17.4. The Hall–Kier alpha value is -4.19. The number of amides is 1. The monoisotopic (exact) mass is 483 g/mol. The largest absolute Gasteiger partial charge is 0.493 e. The predicted octanol–water partition coefficient (Wildman–Crippen LogP) is 6.56. The Morgan fingerprint density at radius 2 is 1.86 bits per heavy atom. The molecule has 4 aromatic rings. The maximum atomic E-state index is 12.8. The van der Waals surface area contributed by atoms with Crippen molar-refractivity contribution in [3.63, 3.8) is 0 Å². The number of hydrogen-bond donors (Lipinski definition) is 1. The van der Waals surface area contributed by atoms with Gasteiger partial charge in [0.1, 0.15) is 11.3 Å². The van der Waals surface area contributed by atoms with E-state index in [1.807, 2.05) is 38.1 Å². The van der Waals surface area contributed by atoms with Crippen molar-refractivity contribution in [2.45, 2.75) is 34.2 Å². The van der Waals surface area contributed by atoms with Gasteiger partial charge in [-0.1, -0.05) is 29.8 Å². The van der Waals surface area contributed by atoms with Gasteiger partial charge in [-0.05, 0) is 68.2 Å². The third-order valence-corrected chi connectivity index (χ3v) is 6.32. The van der Waals surface area contributed by atoms with Crippen molar-refractivity contribution in [2.24, 2.45) is 0 Å². The van der Waals surface area contributed by atoms with Crippen LogP contribution in [0.4, 0.5) is 0 Å². The van der Waals surface area contributed by atoms with E-state index in [1.165, 1.54) is 11.1 Å². The number of carbonyl (C=O) groups excluding carboxylic acids is 1. The molecule has 0 spiro atoms. The summed E-state index contributed by atoms with van der Waals surface area (Å²) < 4.78 is 22.6. The Morgan fingerprint density at radius 3 is 2.67 bits per heavy atom. The number of carbonyl (C=O) groups is 1. The Morgan fingerprint density at radius 1 is 1.03 bits per heavy atom. The molecule has 36 heavy (non-hydrogen) atoms. The van der Waals surface area contributed by atoms with Gasteiger partial charge in [-0.2, -0.15) is 0 Å². The maximum absolute atomic E-state index is 12.8. The second kappa shape index (κ2) is 9.82. The second-order valence-corrected chi connectivity index (χ2v) is 8.98. The molecular weight excluding hydrogens is 454 g/mol. The van der Waals surface area contributed by atoms with Crippen LogP contribution < -0.4 is 19.5 Å². The molecule has 0 atom stereocenters. The minimum atomic E-state index is -0.186. The molecule has 3 aromatic carbocycles. The Balaban J connectivity index is 1.43. The molecule has 0 fully saturated rings. The van der Waals surface area contributed by atoms with E-state index in [4.69, 9.17) is 18.6 Å². The van der Waals surface area contributed by atoms with E-state index in [9.17, 15) is 4.79 Å². The van der Waals surface area contributed by atoms with E-state index in [0.717, 1.165) is 44.5 Å². The second-order valence-electron chi connectivity index (χ2n) is 8.98. The van der Waals surface area contributed by atoms with Crippen LogP contribution in [0.1, 0.15) is 36.1 Å². The van der Waals surface area contributed by atoms with Crippen LogP contribution >= 0.6 is 0 Å². The van der Waals surface area contributed by atoms with Crippen LogP contribution in [0.15, 0.2) is 65.3 Å². The summed E-state index contributed by atoms with van der Waals surface area (Å²) in [6, 6.07) is 16.0. The van der Waals surface area contributed by atoms with Crippen molar-refractivity contribution < 1.29 is 23.4 Å². The van der Waals surface area contributed by atoms with E-state index in [-0.39, 0.29) is 12.7 Å². The number of rotatable bonds is 7. The normalized spacial score (nSPS) is 12.7. The summed E-state index contributed by atoms with van der Waals surface area (Å²) in [7, 11) is 0. The van der Waals surface area contributed by atoms with Crippen molar-refractivity contribution in [2.75, 3.05) is 13.4 Å². The zero-order chi connectivity index (χ0) is 25.2. The molecule has 5 rings (SSSR count). The lowest BCUT2D eigenvalue weighted by atomic mass is 9.96. The molecule has 1 N–H and O–H groups in total. The molecule has 0 saturated heterocycles. The molecule has 1 aliphatic rings. The fourth-order valence-corrected chi connectivity index (χ4v) is 4.53. The van der Waals surface area contributed by atoms with Crippen molar-refractivity contribution in [1.82, 2.24) is 5.32 Å². The highest BCUT2D eigenvalue weighted by Gasteiger charge is 2.17. The fourth-order valence-electron chi connectivity index (χ4n) is 4.53. The number of benzene rings is 3. The summed E-state index contributed by atoms with van der Waals surface area (Å²) in [6.07, 6.45) is 3.40. The summed E-state index contributed by atoms with van der Waals surface area (Å²) >= 11 is 0. The summed E-state index contributed by atoms with van der Waals surface area (Å²) in [5.74, 6) is 1.92. The molecule has 1 aliphatic heterocycles. The van der Waals surface area contributed by atoms with Gasteiger partial charge in [0.15, 0.2) is 11.5 Å². The number of nitrogens with one attached hydrogen (secondary N) is 1. The Kier molecular flexibility index (Phi) is 6.42. The summed E-state index contributed by atoms with van der Waals surface area (Å²) in [6.45, 7) is 9.16. The maximum Gasteiger partial charge on any atom is 0.244 e. The van der Waals surface area contributed by atoms with Gasteiger partial charge in [0, 0.05) is 35.2 Å². The van der Waals surface area contributed by atoms with Crippen molar-refractivity contribution in [3.05, 3.63) is 83.1 Å². The van der Waals surface area contributed by atoms with Crippen LogP contribution in [0.25, 0.3) is 27.7 Å². The summed E-state index contributed by atoms with van der Waals surface area (Å²) in [5, 5.41) is 3.93. The van der Waals surface area contributed by atoms with Gasteiger partial charge >= 0.3 is 0 Å². The predicted molar refractivity (Wildman–Crippen MR) is 140 cm³/mol. The van der Waals surface area contributed by atoms with Gasteiger partial charge in [-0.15, -0.1) is 0 Å². The summed E-state index contributed by atoms with van der Waals surface area (Å²) in [4.78, 5) is 12.8. The lowest BCUT2D eigenvalue weighted by Crippen LogP contribution is -2.20. The number of furan rings is 1. The molecule has 6 heteroatoms. The van der Waals surface area contributed by atoms with E-state index < -0.39 is 0 Å². The van der Waals surface area contributed by atoms with Crippen LogP contribution in [0.2, 0.25) is 0 Å². The van der Waals surface area contributed by atoms with Gasteiger partial charge in [0.25, 0.3) is 0 Å². The zero-order valence-electron chi connectivity index (χ0n) is 20.9.